The highest BCUT2D eigenvalue weighted by atomic mass is 16.3. The Morgan fingerprint density at radius 2 is 1.74 bits per heavy atom. The van der Waals surface area contributed by atoms with Gasteiger partial charge < -0.3 is 19.9 Å². The number of phenols is 2. The molecule has 0 aliphatic heterocycles. The maximum absolute atomic E-state index is 10.4. The minimum absolute atomic E-state index is 0.140. The van der Waals surface area contributed by atoms with Crippen LogP contribution in [0.1, 0.15) is 25.3 Å². The molecule has 2 aromatic carbocycles. The number of aryl methyl sites for hydroxylation is 1. The highest BCUT2D eigenvalue weighted by Gasteiger charge is 2.21. The van der Waals surface area contributed by atoms with E-state index in [4.69, 9.17) is 0 Å². The summed E-state index contributed by atoms with van der Waals surface area (Å²) in [4.78, 5) is 0. The van der Waals surface area contributed by atoms with E-state index in [0.29, 0.717) is 11.3 Å². The van der Waals surface area contributed by atoms with Gasteiger partial charge >= 0.3 is 6.01 Å². The fourth-order valence-corrected chi connectivity index (χ4v) is 3.24. The molecule has 2 heterocycles. The Labute approximate surface area is 155 Å². The summed E-state index contributed by atoms with van der Waals surface area (Å²) in [5, 5.41) is 39.6. The first kappa shape index (κ1) is 17.0. The summed E-state index contributed by atoms with van der Waals surface area (Å²) in [7, 11) is 1.96. The standard InChI is InChI=1S/C20H20N4O3/c1-11(2)13-9-15(18(26)17(25)10-13)19-21-22-20(27)24(19)14-4-5-16-12(8-14)6-7-23(16)3/h4-11,25-26H,1-3H3,(H,22,27). The third-order valence-electron chi connectivity index (χ3n) is 4.79. The summed E-state index contributed by atoms with van der Waals surface area (Å²) in [5.74, 6) is -0.142. The molecule has 4 rings (SSSR count). The predicted octanol–water partition coefficient (Wildman–Crippen LogP) is 3.67. The normalized spacial score (nSPS) is 11.6. The highest BCUT2D eigenvalue weighted by molar-refractivity contribution is 5.83. The minimum atomic E-state index is -0.297. The molecule has 0 atom stereocenters. The van der Waals surface area contributed by atoms with Crippen LogP contribution in [-0.2, 0) is 7.05 Å². The number of nitrogens with zero attached hydrogens (tertiary/aromatic N) is 4. The maximum atomic E-state index is 10.4. The summed E-state index contributed by atoms with van der Waals surface area (Å²) < 4.78 is 3.45. The van der Waals surface area contributed by atoms with Gasteiger partial charge in [0.2, 0.25) is 0 Å². The van der Waals surface area contributed by atoms with E-state index in [0.717, 1.165) is 16.5 Å². The van der Waals surface area contributed by atoms with Gasteiger partial charge in [-0.15, -0.1) is 5.10 Å². The van der Waals surface area contributed by atoms with Crippen LogP contribution in [0.4, 0.5) is 0 Å². The molecule has 0 unspecified atom stereocenters. The largest absolute Gasteiger partial charge is 0.504 e. The Kier molecular flexibility index (Phi) is 3.80. The molecule has 138 valence electrons. The van der Waals surface area contributed by atoms with Crippen LogP contribution in [0.3, 0.4) is 0 Å². The van der Waals surface area contributed by atoms with Crippen molar-refractivity contribution in [2.75, 3.05) is 0 Å². The molecule has 0 aliphatic carbocycles. The van der Waals surface area contributed by atoms with Crippen LogP contribution in [0.5, 0.6) is 17.5 Å². The number of hydrogen-bond donors (Lipinski definition) is 3. The number of rotatable bonds is 3. The lowest BCUT2D eigenvalue weighted by atomic mass is 9.99. The van der Waals surface area contributed by atoms with E-state index in [1.165, 1.54) is 10.6 Å². The van der Waals surface area contributed by atoms with E-state index in [1.807, 2.05) is 55.9 Å². The van der Waals surface area contributed by atoms with Crippen LogP contribution in [0, 0.1) is 0 Å². The summed E-state index contributed by atoms with van der Waals surface area (Å²) in [6.07, 6.45) is 1.96. The lowest BCUT2D eigenvalue weighted by molar-refractivity contribution is 0.403. The van der Waals surface area contributed by atoms with E-state index in [1.54, 1.807) is 6.07 Å². The van der Waals surface area contributed by atoms with E-state index < -0.39 is 0 Å². The fraction of sp³-hybridized carbons (Fsp3) is 0.200. The van der Waals surface area contributed by atoms with Gasteiger partial charge in [0.15, 0.2) is 17.3 Å². The molecule has 0 spiro atoms. The third-order valence-corrected chi connectivity index (χ3v) is 4.79. The fourth-order valence-electron chi connectivity index (χ4n) is 3.24. The quantitative estimate of drug-likeness (QED) is 0.482. The Hall–Kier alpha value is -3.48. The Morgan fingerprint density at radius 3 is 2.48 bits per heavy atom. The van der Waals surface area contributed by atoms with Crippen LogP contribution in [0.25, 0.3) is 28.0 Å². The van der Waals surface area contributed by atoms with Gasteiger partial charge in [0, 0.05) is 24.1 Å². The van der Waals surface area contributed by atoms with Gasteiger partial charge in [-0.1, -0.05) is 18.9 Å². The molecule has 2 aromatic heterocycles. The second-order valence-corrected chi connectivity index (χ2v) is 6.92. The first-order valence-electron chi connectivity index (χ1n) is 8.63. The number of fused-ring (bicyclic) bond motifs is 1. The summed E-state index contributed by atoms with van der Waals surface area (Å²) in [6, 6.07) is 10.6. The SMILES string of the molecule is CC(C)c1cc(O)c(O)c(-c2nnc(O)n2-c2ccc3c(ccn3C)c2)c1. The number of aromatic nitrogens is 4. The number of phenolic OH excluding ortho intramolecular Hbond substituents is 2. The Bertz CT molecular complexity index is 1160. The van der Waals surface area contributed by atoms with Gasteiger partial charge in [0.05, 0.1) is 11.3 Å². The smallest absolute Gasteiger partial charge is 0.319 e. The van der Waals surface area contributed by atoms with Crippen molar-refractivity contribution < 1.29 is 15.3 Å². The average molecular weight is 364 g/mol. The molecule has 3 N–H and O–H groups in total. The molecule has 7 nitrogen and oxygen atoms in total. The number of benzene rings is 2. The number of aromatic hydroxyl groups is 3. The van der Waals surface area contributed by atoms with Crippen LogP contribution in [-0.4, -0.2) is 34.7 Å². The molecule has 0 bridgehead atoms. The molecule has 0 fully saturated rings. The molecular formula is C20H20N4O3. The highest BCUT2D eigenvalue weighted by Crippen LogP contribution is 2.40. The summed E-state index contributed by atoms with van der Waals surface area (Å²) in [6.45, 7) is 3.97. The van der Waals surface area contributed by atoms with Crippen molar-refractivity contribution >= 4 is 10.9 Å². The van der Waals surface area contributed by atoms with Gasteiger partial charge in [-0.3, -0.25) is 0 Å². The van der Waals surface area contributed by atoms with Gasteiger partial charge in [-0.25, -0.2) is 4.57 Å². The lowest BCUT2D eigenvalue weighted by Gasteiger charge is -2.13. The minimum Gasteiger partial charge on any atom is -0.504 e. The third kappa shape index (κ3) is 2.68. The first-order chi connectivity index (χ1) is 12.9. The van der Waals surface area contributed by atoms with E-state index in [2.05, 4.69) is 10.2 Å². The van der Waals surface area contributed by atoms with Crippen molar-refractivity contribution in [3.63, 3.8) is 0 Å². The maximum Gasteiger partial charge on any atom is 0.319 e. The van der Waals surface area contributed by atoms with Gasteiger partial charge in [-0.05, 0) is 47.9 Å². The number of hydrogen-bond acceptors (Lipinski definition) is 5. The molecule has 27 heavy (non-hydrogen) atoms. The molecule has 0 amide bonds. The van der Waals surface area contributed by atoms with Crippen molar-refractivity contribution in [1.29, 1.82) is 0 Å². The summed E-state index contributed by atoms with van der Waals surface area (Å²) >= 11 is 0. The zero-order chi connectivity index (χ0) is 19.3. The second kappa shape index (κ2) is 6.05. The first-order valence-corrected chi connectivity index (χ1v) is 8.63. The van der Waals surface area contributed by atoms with Crippen molar-refractivity contribution in [1.82, 2.24) is 19.3 Å². The summed E-state index contributed by atoms with van der Waals surface area (Å²) in [5.41, 5.74) is 2.85. The zero-order valence-electron chi connectivity index (χ0n) is 15.2. The monoisotopic (exact) mass is 364 g/mol. The predicted molar refractivity (Wildman–Crippen MR) is 102 cm³/mol. The molecule has 0 saturated heterocycles. The average Bonchev–Trinajstić information content (AvgIpc) is 3.19. The van der Waals surface area contributed by atoms with E-state index in [-0.39, 0.29) is 29.3 Å². The van der Waals surface area contributed by atoms with Crippen molar-refractivity contribution in [3.05, 3.63) is 48.2 Å². The van der Waals surface area contributed by atoms with E-state index in [9.17, 15) is 15.3 Å². The Morgan fingerprint density at radius 1 is 0.963 bits per heavy atom. The van der Waals surface area contributed by atoms with E-state index >= 15 is 0 Å². The van der Waals surface area contributed by atoms with Crippen molar-refractivity contribution in [2.24, 2.45) is 7.05 Å². The van der Waals surface area contributed by atoms with Crippen LogP contribution >= 0.6 is 0 Å². The van der Waals surface area contributed by atoms with Gasteiger partial charge in [-0.2, -0.15) is 0 Å². The molecule has 7 heteroatoms. The van der Waals surface area contributed by atoms with Crippen LogP contribution in [0.15, 0.2) is 42.6 Å². The molecular weight excluding hydrogens is 344 g/mol. The second-order valence-electron chi connectivity index (χ2n) is 6.92. The van der Waals surface area contributed by atoms with Gasteiger partial charge in [0.1, 0.15) is 0 Å². The molecule has 0 radical (unpaired) electrons. The zero-order valence-corrected chi connectivity index (χ0v) is 15.2. The van der Waals surface area contributed by atoms with Gasteiger partial charge in [0.25, 0.3) is 0 Å². The molecule has 4 aromatic rings. The molecule has 0 aliphatic rings. The Balaban J connectivity index is 1.94. The molecule has 0 saturated carbocycles. The topological polar surface area (TPSA) is 96.3 Å². The van der Waals surface area contributed by atoms with Crippen molar-refractivity contribution in [2.45, 2.75) is 19.8 Å². The lowest BCUT2D eigenvalue weighted by Crippen LogP contribution is -1.99. The van der Waals surface area contributed by atoms with Crippen LogP contribution in [0.2, 0.25) is 0 Å². The van der Waals surface area contributed by atoms with Crippen molar-refractivity contribution in [3.8, 4) is 34.6 Å². The van der Waals surface area contributed by atoms with Crippen LogP contribution < -0.4 is 0 Å².